The van der Waals surface area contributed by atoms with Gasteiger partial charge in [-0.05, 0) is 57.0 Å². The van der Waals surface area contributed by atoms with Crippen molar-refractivity contribution < 1.29 is 0 Å². The van der Waals surface area contributed by atoms with Crippen LogP contribution in [0, 0.1) is 6.92 Å². The van der Waals surface area contributed by atoms with Crippen LogP contribution < -0.4 is 5.32 Å². The molecule has 1 N–H and O–H groups in total. The summed E-state index contributed by atoms with van der Waals surface area (Å²) < 4.78 is 1.21. The molecule has 1 atom stereocenters. The topological polar surface area (TPSA) is 15.3 Å². The molecule has 0 radical (unpaired) electrons. The van der Waals surface area contributed by atoms with Crippen molar-refractivity contribution >= 4 is 15.9 Å². The van der Waals surface area contributed by atoms with Gasteiger partial charge in [0.25, 0.3) is 0 Å². The van der Waals surface area contributed by atoms with Crippen molar-refractivity contribution in [3.63, 3.8) is 0 Å². The molecule has 1 aliphatic heterocycles. The summed E-state index contributed by atoms with van der Waals surface area (Å²) in [4.78, 5) is 2.61. The Morgan fingerprint density at radius 3 is 2.68 bits per heavy atom. The molecule has 1 aromatic carbocycles. The van der Waals surface area contributed by atoms with Gasteiger partial charge in [-0.1, -0.05) is 34.5 Å². The second-order valence-electron chi connectivity index (χ2n) is 5.67. The van der Waals surface area contributed by atoms with Crippen LogP contribution in [0.15, 0.2) is 22.7 Å². The number of aryl methyl sites for hydroxylation is 1. The number of nitrogens with one attached hydrogen (secondary N) is 1. The number of hydrogen-bond donors (Lipinski definition) is 1. The quantitative estimate of drug-likeness (QED) is 0.888. The number of piperidine rings is 1. The average molecular weight is 325 g/mol. The predicted molar refractivity (Wildman–Crippen MR) is 85.5 cm³/mol. The molecule has 19 heavy (non-hydrogen) atoms. The molecule has 2 nitrogen and oxygen atoms in total. The third kappa shape index (κ3) is 4.59. The van der Waals surface area contributed by atoms with Crippen molar-refractivity contribution in [3.05, 3.63) is 33.8 Å². The van der Waals surface area contributed by atoms with E-state index >= 15 is 0 Å². The van der Waals surface area contributed by atoms with E-state index in [-0.39, 0.29) is 0 Å². The fourth-order valence-corrected chi connectivity index (χ4v) is 3.33. The Balaban J connectivity index is 1.76. The normalized spacial score (nSPS) is 18.5. The molecule has 2 rings (SSSR count). The number of halogens is 1. The molecule has 0 bridgehead atoms. The Morgan fingerprint density at radius 1 is 1.26 bits per heavy atom. The zero-order valence-corrected chi connectivity index (χ0v) is 13.7. The fraction of sp³-hybridized carbons (Fsp3) is 0.625. The van der Waals surface area contributed by atoms with E-state index < -0.39 is 0 Å². The molecule has 1 fully saturated rings. The maximum atomic E-state index is 3.64. The largest absolute Gasteiger partial charge is 0.311 e. The number of likely N-dealkylation sites (tertiary alicyclic amines) is 1. The number of rotatable bonds is 5. The van der Waals surface area contributed by atoms with Crippen LogP contribution in [-0.4, -0.2) is 30.6 Å². The standard InChI is InChI=1S/C16H25BrN2/c1-13-6-7-15(16(17)10-13)12-18-11-14(2)19-8-4-3-5-9-19/h6-7,10,14,18H,3-5,8-9,11-12H2,1-2H3. The van der Waals surface area contributed by atoms with E-state index in [1.807, 2.05) is 0 Å². The van der Waals surface area contributed by atoms with Crippen molar-refractivity contribution in [1.29, 1.82) is 0 Å². The lowest BCUT2D eigenvalue weighted by atomic mass is 10.1. The molecule has 0 aliphatic carbocycles. The predicted octanol–water partition coefficient (Wildman–Crippen LogP) is 3.72. The fourth-order valence-electron chi connectivity index (χ4n) is 2.70. The van der Waals surface area contributed by atoms with Gasteiger partial charge in [-0.3, -0.25) is 4.90 Å². The van der Waals surface area contributed by atoms with Crippen molar-refractivity contribution in [2.45, 2.75) is 45.7 Å². The number of nitrogens with zero attached hydrogens (tertiary/aromatic N) is 1. The summed E-state index contributed by atoms with van der Waals surface area (Å²) in [7, 11) is 0. The SMILES string of the molecule is Cc1ccc(CNCC(C)N2CCCCC2)c(Br)c1. The van der Waals surface area contributed by atoms with Crippen LogP contribution in [-0.2, 0) is 6.54 Å². The Hall–Kier alpha value is -0.380. The van der Waals surface area contributed by atoms with Gasteiger partial charge >= 0.3 is 0 Å². The molecule has 3 heteroatoms. The lowest BCUT2D eigenvalue weighted by molar-refractivity contribution is 0.170. The smallest absolute Gasteiger partial charge is 0.0222 e. The van der Waals surface area contributed by atoms with E-state index in [4.69, 9.17) is 0 Å². The summed E-state index contributed by atoms with van der Waals surface area (Å²) in [5.41, 5.74) is 2.65. The van der Waals surface area contributed by atoms with E-state index in [1.165, 1.54) is 48.0 Å². The highest BCUT2D eigenvalue weighted by Gasteiger charge is 2.15. The van der Waals surface area contributed by atoms with Crippen LogP contribution >= 0.6 is 15.9 Å². The monoisotopic (exact) mass is 324 g/mol. The van der Waals surface area contributed by atoms with Gasteiger partial charge in [-0.2, -0.15) is 0 Å². The summed E-state index contributed by atoms with van der Waals surface area (Å²) in [5.74, 6) is 0. The molecular weight excluding hydrogens is 300 g/mol. The van der Waals surface area contributed by atoms with E-state index in [0.29, 0.717) is 6.04 Å². The summed E-state index contributed by atoms with van der Waals surface area (Å²) in [5, 5.41) is 3.59. The zero-order chi connectivity index (χ0) is 13.7. The minimum absolute atomic E-state index is 0.643. The molecule has 1 heterocycles. The summed E-state index contributed by atoms with van der Waals surface area (Å²) in [6.45, 7) is 9.02. The van der Waals surface area contributed by atoms with Gasteiger partial charge in [0.2, 0.25) is 0 Å². The van der Waals surface area contributed by atoms with Gasteiger partial charge in [0.15, 0.2) is 0 Å². The number of hydrogen-bond acceptors (Lipinski definition) is 2. The number of benzene rings is 1. The molecule has 1 aromatic rings. The van der Waals surface area contributed by atoms with Gasteiger partial charge in [0, 0.05) is 23.6 Å². The summed E-state index contributed by atoms with van der Waals surface area (Å²) in [6.07, 6.45) is 4.15. The first kappa shape index (κ1) is 15.0. The van der Waals surface area contributed by atoms with E-state index in [0.717, 1.165) is 13.1 Å². The molecular formula is C16H25BrN2. The van der Waals surface area contributed by atoms with E-state index in [9.17, 15) is 0 Å². The Labute approximate surface area is 125 Å². The highest BCUT2D eigenvalue weighted by molar-refractivity contribution is 9.10. The molecule has 0 spiro atoms. The first-order chi connectivity index (χ1) is 9.16. The lowest BCUT2D eigenvalue weighted by Gasteiger charge is -2.32. The molecule has 0 amide bonds. The summed E-state index contributed by atoms with van der Waals surface area (Å²) >= 11 is 3.64. The molecule has 0 aromatic heterocycles. The van der Waals surface area contributed by atoms with Crippen molar-refractivity contribution in [3.8, 4) is 0 Å². The second kappa shape index (κ2) is 7.41. The molecule has 106 valence electrons. The first-order valence-electron chi connectivity index (χ1n) is 7.36. The van der Waals surface area contributed by atoms with Gasteiger partial charge in [-0.25, -0.2) is 0 Å². The van der Waals surface area contributed by atoms with Gasteiger partial charge in [0.1, 0.15) is 0 Å². The second-order valence-corrected chi connectivity index (χ2v) is 6.53. The molecule has 0 saturated carbocycles. The van der Waals surface area contributed by atoms with Crippen LogP contribution in [0.1, 0.15) is 37.3 Å². The third-order valence-electron chi connectivity index (χ3n) is 3.98. The van der Waals surface area contributed by atoms with Gasteiger partial charge < -0.3 is 5.32 Å². The van der Waals surface area contributed by atoms with Gasteiger partial charge in [0.05, 0.1) is 0 Å². The highest BCUT2D eigenvalue weighted by atomic mass is 79.9. The minimum atomic E-state index is 0.643. The molecule has 1 aliphatic rings. The van der Waals surface area contributed by atoms with Crippen LogP contribution in [0.2, 0.25) is 0 Å². The van der Waals surface area contributed by atoms with Crippen molar-refractivity contribution in [2.24, 2.45) is 0 Å². The van der Waals surface area contributed by atoms with Crippen LogP contribution in [0.25, 0.3) is 0 Å². The zero-order valence-electron chi connectivity index (χ0n) is 12.1. The minimum Gasteiger partial charge on any atom is -0.311 e. The lowest BCUT2D eigenvalue weighted by Crippen LogP contribution is -2.42. The van der Waals surface area contributed by atoms with Gasteiger partial charge in [-0.15, -0.1) is 0 Å². The highest BCUT2D eigenvalue weighted by Crippen LogP contribution is 2.18. The maximum absolute atomic E-state index is 3.64. The molecule has 1 saturated heterocycles. The van der Waals surface area contributed by atoms with E-state index in [1.54, 1.807) is 0 Å². The van der Waals surface area contributed by atoms with Crippen LogP contribution in [0.4, 0.5) is 0 Å². The van der Waals surface area contributed by atoms with E-state index in [2.05, 4.69) is 58.2 Å². The average Bonchev–Trinajstić information content (AvgIpc) is 2.42. The van der Waals surface area contributed by atoms with Crippen LogP contribution in [0.3, 0.4) is 0 Å². The Morgan fingerprint density at radius 2 is 2.00 bits per heavy atom. The Kier molecular flexibility index (Phi) is 5.86. The maximum Gasteiger partial charge on any atom is 0.0222 e. The Bertz CT molecular complexity index is 400. The van der Waals surface area contributed by atoms with Crippen molar-refractivity contribution in [1.82, 2.24) is 10.2 Å². The van der Waals surface area contributed by atoms with Crippen molar-refractivity contribution in [2.75, 3.05) is 19.6 Å². The third-order valence-corrected chi connectivity index (χ3v) is 4.72. The first-order valence-corrected chi connectivity index (χ1v) is 8.16. The van der Waals surface area contributed by atoms with Crippen LogP contribution in [0.5, 0.6) is 0 Å². The molecule has 1 unspecified atom stereocenters. The summed E-state index contributed by atoms with van der Waals surface area (Å²) in [6, 6.07) is 7.21.